The number of carbonyl (C=O) groups excluding carboxylic acids is 1. The maximum atomic E-state index is 12.8. The lowest BCUT2D eigenvalue weighted by molar-refractivity contribution is -0.146. The van der Waals surface area contributed by atoms with Gasteiger partial charge in [0.25, 0.3) is 0 Å². The van der Waals surface area contributed by atoms with Gasteiger partial charge in [-0.25, -0.2) is 0 Å². The summed E-state index contributed by atoms with van der Waals surface area (Å²) in [5.41, 5.74) is 1.69. The molecule has 1 N–H and O–H groups in total. The van der Waals surface area contributed by atoms with Crippen LogP contribution in [0.2, 0.25) is 0 Å². The van der Waals surface area contributed by atoms with E-state index in [9.17, 15) is 4.79 Å². The molecule has 1 aromatic heterocycles. The zero-order chi connectivity index (χ0) is 20.7. The lowest BCUT2D eigenvalue weighted by Crippen LogP contribution is -2.47. The molecule has 0 unspecified atom stereocenters. The minimum absolute atomic E-state index is 0.000431. The Kier molecular flexibility index (Phi) is 5.55. The largest absolute Gasteiger partial charge is 0.469 e. The number of esters is 1. The van der Waals surface area contributed by atoms with Gasteiger partial charge in [0, 0.05) is 24.9 Å². The van der Waals surface area contributed by atoms with Crippen molar-refractivity contribution >= 4 is 5.97 Å². The standard InChI is InChI=1S/C26H37NO3/c1-17-7-5-11-26(2)15-24-20(14-22(17)26)21(25(28)30-24)16-27-23-10-4-3-8-18(23)13-19-9-6-12-29-19/h6,9,12,18,20-24,27H,1,3-5,7-8,10-11,13-16H2,2H3/t18-,20-,21+,22+,23-,24-,26-/m1/s1. The number of ether oxygens (including phenoxy) is 1. The quantitative estimate of drug-likeness (QED) is 0.529. The van der Waals surface area contributed by atoms with E-state index in [2.05, 4.69) is 24.9 Å². The van der Waals surface area contributed by atoms with Gasteiger partial charge < -0.3 is 14.5 Å². The molecule has 164 valence electrons. The number of rotatable bonds is 5. The van der Waals surface area contributed by atoms with Gasteiger partial charge in [0.15, 0.2) is 0 Å². The zero-order valence-electron chi connectivity index (χ0n) is 18.4. The summed E-state index contributed by atoms with van der Waals surface area (Å²) >= 11 is 0. The average molecular weight is 412 g/mol. The lowest BCUT2D eigenvalue weighted by Gasteiger charge is -2.50. The third-order valence-electron chi connectivity index (χ3n) is 8.87. The normalized spacial score (nSPS) is 41.2. The molecule has 0 amide bonds. The molecule has 3 aliphatic carbocycles. The van der Waals surface area contributed by atoms with Gasteiger partial charge in [-0.05, 0) is 74.3 Å². The van der Waals surface area contributed by atoms with Crippen molar-refractivity contribution in [3.05, 3.63) is 36.3 Å². The number of allylic oxidation sites excluding steroid dienone is 1. The second-order valence-electron chi connectivity index (χ2n) is 10.7. The molecule has 7 atom stereocenters. The summed E-state index contributed by atoms with van der Waals surface area (Å²) in [5, 5.41) is 3.82. The molecule has 2 heterocycles. The lowest BCUT2D eigenvalue weighted by atomic mass is 9.55. The Morgan fingerprint density at radius 1 is 1.27 bits per heavy atom. The molecular formula is C26H37NO3. The molecule has 1 aliphatic heterocycles. The summed E-state index contributed by atoms with van der Waals surface area (Å²) in [5.74, 6) is 2.61. The topological polar surface area (TPSA) is 51.5 Å². The van der Waals surface area contributed by atoms with Crippen LogP contribution in [-0.2, 0) is 16.0 Å². The van der Waals surface area contributed by atoms with E-state index in [1.54, 1.807) is 6.26 Å². The van der Waals surface area contributed by atoms with Crippen LogP contribution < -0.4 is 5.32 Å². The van der Waals surface area contributed by atoms with Crippen molar-refractivity contribution in [2.45, 2.75) is 83.3 Å². The number of carbonyl (C=O) groups is 1. The van der Waals surface area contributed by atoms with E-state index in [1.165, 1.54) is 44.1 Å². The summed E-state index contributed by atoms with van der Waals surface area (Å²) in [6, 6.07) is 4.53. The summed E-state index contributed by atoms with van der Waals surface area (Å²) in [6.07, 6.45) is 13.6. The fourth-order valence-corrected chi connectivity index (χ4v) is 7.18. The highest BCUT2D eigenvalue weighted by Gasteiger charge is 2.55. The molecule has 4 nitrogen and oxygen atoms in total. The van der Waals surface area contributed by atoms with Gasteiger partial charge >= 0.3 is 5.97 Å². The number of hydrogen-bond acceptors (Lipinski definition) is 4. The van der Waals surface area contributed by atoms with Crippen molar-refractivity contribution in [3.63, 3.8) is 0 Å². The van der Waals surface area contributed by atoms with Gasteiger partial charge in [-0.2, -0.15) is 0 Å². The minimum Gasteiger partial charge on any atom is -0.469 e. The van der Waals surface area contributed by atoms with Crippen LogP contribution in [0.3, 0.4) is 0 Å². The molecule has 4 fully saturated rings. The Labute approximate surface area is 180 Å². The fourth-order valence-electron chi connectivity index (χ4n) is 7.18. The molecule has 0 bridgehead atoms. The molecule has 0 spiro atoms. The van der Waals surface area contributed by atoms with Crippen LogP contribution in [0.4, 0.5) is 0 Å². The van der Waals surface area contributed by atoms with E-state index < -0.39 is 0 Å². The second-order valence-corrected chi connectivity index (χ2v) is 10.7. The first-order chi connectivity index (χ1) is 14.5. The molecule has 1 aromatic rings. The zero-order valence-corrected chi connectivity index (χ0v) is 18.4. The van der Waals surface area contributed by atoms with Crippen LogP contribution in [0.1, 0.15) is 70.5 Å². The molecule has 0 radical (unpaired) electrons. The number of furan rings is 1. The molecule has 3 saturated carbocycles. The predicted molar refractivity (Wildman–Crippen MR) is 117 cm³/mol. The average Bonchev–Trinajstić information content (AvgIpc) is 3.33. The molecular weight excluding hydrogens is 374 g/mol. The SMILES string of the molecule is C=C1CCC[C@]2(C)C[C@H]3OC(=O)[C@@H](CN[C@@H]4CCCC[C@@H]4Cc4ccco4)[C@H]3C[C@@H]12. The maximum absolute atomic E-state index is 12.8. The molecule has 0 aromatic carbocycles. The van der Waals surface area contributed by atoms with Crippen LogP contribution in [0.15, 0.2) is 35.0 Å². The third-order valence-corrected chi connectivity index (χ3v) is 8.87. The Morgan fingerprint density at radius 3 is 2.97 bits per heavy atom. The number of fused-ring (bicyclic) bond motifs is 2. The Hall–Kier alpha value is -1.55. The first-order valence-electron chi connectivity index (χ1n) is 12.2. The fraction of sp³-hybridized carbons (Fsp3) is 0.731. The van der Waals surface area contributed by atoms with Gasteiger partial charge in [-0.1, -0.05) is 31.9 Å². The highest BCUT2D eigenvalue weighted by molar-refractivity contribution is 5.75. The molecule has 4 heteroatoms. The van der Waals surface area contributed by atoms with E-state index in [1.807, 2.05) is 6.07 Å². The predicted octanol–water partition coefficient (Wildman–Crippen LogP) is 5.28. The second kappa shape index (κ2) is 8.18. The molecule has 1 saturated heterocycles. The molecule has 4 aliphatic rings. The van der Waals surface area contributed by atoms with Gasteiger partial charge in [0.1, 0.15) is 11.9 Å². The van der Waals surface area contributed by atoms with E-state index in [-0.39, 0.29) is 23.4 Å². The van der Waals surface area contributed by atoms with Crippen LogP contribution in [0.25, 0.3) is 0 Å². The van der Waals surface area contributed by atoms with Crippen molar-refractivity contribution in [1.82, 2.24) is 5.32 Å². The summed E-state index contributed by atoms with van der Waals surface area (Å²) in [7, 11) is 0. The van der Waals surface area contributed by atoms with Gasteiger partial charge in [-0.3, -0.25) is 4.79 Å². The van der Waals surface area contributed by atoms with Gasteiger partial charge in [0.05, 0.1) is 12.2 Å². The maximum Gasteiger partial charge on any atom is 0.310 e. The van der Waals surface area contributed by atoms with Crippen molar-refractivity contribution < 1.29 is 13.9 Å². The summed E-state index contributed by atoms with van der Waals surface area (Å²) in [4.78, 5) is 12.8. The van der Waals surface area contributed by atoms with E-state index in [4.69, 9.17) is 9.15 Å². The van der Waals surface area contributed by atoms with Crippen LogP contribution in [-0.4, -0.2) is 24.7 Å². The van der Waals surface area contributed by atoms with Gasteiger partial charge in [0.2, 0.25) is 0 Å². The first kappa shape index (κ1) is 20.4. The first-order valence-corrected chi connectivity index (χ1v) is 12.2. The molecule has 30 heavy (non-hydrogen) atoms. The Morgan fingerprint density at radius 2 is 2.13 bits per heavy atom. The van der Waals surface area contributed by atoms with Crippen molar-refractivity contribution in [1.29, 1.82) is 0 Å². The third kappa shape index (κ3) is 3.77. The van der Waals surface area contributed by atoms with Crippen molar-refractivity contribution in [2.75, 3.05) is 6.54 Å². The van der Waals surface area contributed by atoms with E-state index >= 15 is 0 Å². The van der Waals surface area contributed by atoms with Crippen molar-refractivity contribution in [3.8, 4) is 0 Å². The van der Waals surface area contributed by atoms with E-state index in [0.717, 1.165) is 38.0 Å². The van der Waals surface area contributed by atoms with Crippen LogP contribution in [0.5, 0.6) is 0 Å². The van der Waals surface area contributed by atoms with E-state index in [0.29, 0.717) is 23.8 Å². The van der Waals surface area contributed by atoms with Crippen LogP contribution >= 0.6 is 0 Å². The number of hydrogen-bond donors (Lipinski definition) is 1. The van der Waals surface area contributed by atoms with Crippen LogP contribution in [0, 0.1) is 29.1 Å². The smallest absolute Gasteiger partial charge is 0.310 e. The minimum atomic E-state index is 0.000431. The highest BCUT2D eigenvalue weighted by atomic mass is 16.6. The van der Waals surface area contributed by atoms with Gasteiger partial charge in [-0.15, -0.1) is 0 Å². The Balaban J connectivity index is 1.24. The molecule has 5 rings (SSSR count). The summed E-state index contributed by atoms with van der Waals surface area (Å²) in [6.45, 7) is 7.58. The summed E-state index contributed by atoms with van der Waals surface area (Å²) < 4.78 is 11.6. The highest BCUT2D eigenvalue weighted by Crippen LogP contribution is 2.56. The number of nitrogens with one attached hydrogen (secondary N) is 1. The monoisotopic (exact) mass is 411 g/mol. The van der Waals surface area contributed by atoms with Crippen molar-refractivity contribution in [2.24, 2.45) is 29.1 Å². The Bertz CT molecular complexity index is 771.